The van der Waals surface area contributed by atoms with Gasteiger partial charge in [0.2, 0.25) is 0 Å². The van der Waals surface area contributed by atoms with Crippen molar-refractivity contribution < 1.29 is 47.0 Å². The van der Waals surface area contributed by atoms with E-state index in [0.717, 1.165) is 0 Å². The molecule has 0 unspecified atom stereocenters. The summed E-state index contributed by atoms with van der Waals surface area (Å²) in [4.78, 5) is 37.9. The van der Waals surface area contributed by atoms with E-state index < -0.39 is 27.8 Å². The van der Waals surface area contributed by atoms with Gasteiger partial charge in [-0.15, -0.1) is 8.39 Å². The lowest BCUT2D eigenvalue weighted by Crippen LogP contribution is -2.30. The van der Waals surface area contributed by atoms with Gasteiger partial charge in [0, 0.05) is 0 Å². The van der Waals surface area contributed by atoms with Crippen LogP contribution in [0.2, 0.25) is 0 Å². The molecule has 0 fully saturated rings. The maximum absolute atomic E-state index is 10.4. The number of carboxylic acid groups (broad SMARTS) is 1. The summed E-state index contributed by atoms with van der Waals surface area (Å²) in [6, 6.07) is -0.742. The molecule has 0 heterocycles. The first-order valence-electron chi connectivity index (χ1n) is 4.37. The highest BCUT2D eigenvalue weighted by Gasteiger charge is 2.08. The van der Waals surface area contributed by atoms with Crippen molar-refractivity contribution in [3.05, 3.63) is 0 Å². The number of carboxylic acids is 1. The summed E-state index contributed by atoms with van der Waals surface area (Å²) in [6.07, 6.45) is 1.14. The van der Waals surface area contributed by atoms with Crippen molar-refractivity contribution in [3.8, 4) is 0 Å². The van der Waals surface area contributed by atoms with Gasteiger partial charge in [-0.25, -0.2) is 9.13 Å². The van der Waals surface area contributed by atoms with E-state index in [1.807, 2.05) is 0 Å². The summed E-state index contributed by atoms with van der Waals surface area (Å²) in [5.74, 6) is -0.955. The van der Waals surface area contributed by atoms with Gasteiger partial charge in [0.05, 0.1) is 0 Å². The van der Waals surface area contributed by atoms with E-state index in [1.54, 1.807) is 0 Å². The van der Waals surface area contributed by atoms with Crippen LogP contribution in [0.25, 0.3) is 0 Å². The van der Waals surface area contributed by atoms with Gasteiger partial charge in [0.1, 0.15) is 6.04 Å². The van der Waals surface area contributed by atoms with Crippen LogP contribution in [0.5, 0.6) is 0 Å². The van der Waals surface area contributed by atoms with E-state index in [9.17, 15) is 13.2 Å². The predicted molar refractivity (Wildman–Crippen MR) is 60.2 cm³/mol. The molecular weight excluding hydrogens is 316 g/mol. The summed E-state index contributed by atoms with van der Waals surface area (Å²) < 4.78 is 38.0. The van der Waals surface area contributed by atoms with Gasteiger partial charge in [0.15, 0.2) is 0 Å². The minimum Gasteiger partial charge on any atom is -0.480 e. The average molecular weight is 332 g/mol. The molecule has 0 spiro atoms. The molecule has 14 heteroatoms. The molecule has 0 aromatic heterocycles. The molecule has 118 valence electrons. The molecule has 0 radical (unpaired) electrons. The lowest BCUT2D eigenvalue weighted by atomic mass is 10.2. The van der Waals surface area contributed by atoms with Crippen LogP contribution in [-0.2, 0) is 13.9 Å². The van der Waals surface area contributed by atoms with Gasteiger partial charge in [-0.05, 0) is 19.4 Å². The van der Waals surface area contributed by atoms with Crippen LogP contribution in [0.1, 0.15) is 12.8 Å². The van der Waals surface area contributed by atoms with Crippen LogP contribution >= 0.6 is 15.8 Å². The Hall–Kier alpha value is -0.450. The highest BCUT2D eigenvalue weighted by Crippen LogP contribution is 2.35. The van der Waals surface area contributed by atoms with Crippen molar-refractivity contribution in [3.63, 3.8) is 0 Å². The predicted octanol–water partition coefficient (Wildman–Crippen LogP) is -0.766. The summed E-state index contributed by atoms with van der Waals surface area (Å²) in [5.41, 5.74) is 10.3. The summed E-state index contributed by atoms with van der Waals surface area (Å²) in [7, 11) is -10.3. The molecule has 1 atom stereocenters. The molecule has 19 heavy (non-hydrogen) atoms. The Labute approximate surface area is 107 Å². The summed E-state index contributed by atoms with van der Waals surface area (Å²) in [6.45, 7) is 0.501. The van der Waals surface area contributed by atoms with Crippen molar-refractivity contribution in [1.29, 1.82) is 0 Å². The normalized spacial score (nSPS) is 12.4. The Balaban J connectivity index is -0.000000219. The van der Waals surface area contributed by atoms with Crippen LogP contribution in [0.3, 0.4) is 0 Å². The Morgan fingerprint density at radius 3 is 1.53 bits per heavy atom. The van der Waals surface area contributed by atoms with E-state index in [0.29, 0.717) is 19.4 Å². The number of nitrogens with two attached hydrogens (primary N) is 2. The smallest absolute Gasteiger partial charge is 0.480 e. The molecule has 0 aromatic rings. The maximum Gasteiger partial charge on any atom is 0.507 e. The summed E-state index contributed by atoms with van der Waals surface area (Å²) >= 11 is 0. The summed E-state index contributed by atoms with van der Waals surface area (Å²) in [5, 5.41) is 8.24. The number of carbonyl (C=O) groups is 1. The van der Waals surface area contributed by atoms with Crippen molar-refractivity contribution in [2.45, 2.75) is 18.9 Å². The SMILES string of the molecule is NCCC[C@H](N)C(=O)O.O=P(O)(O)F.O=P(O)(O)F. The zero-order valence-corrected chi connectivity index (χ0v) is 11.3. The Morgan fingerprint density at radius 1 is 1.11 bits per heavy atom. The third kappa shape index (κ3) is 74.4. The fourth-order valence-electron chi connectivity index (χ4n) is 0.461. The van der Waals surface area contributed by atoms with Crippen LogP contribution in [-0.4, -0.2) is 43.2 Å². The average Bonchev–Trinajstić information content (AvgIpc) is 2.08. The molecule has 0 aromatic carbocycles. The largest absolute Gasteiger partial charge is 0.507 e. The number of aliphatic carboxylic acids is 1. The molecule has 0 aliphatic heterocycles. The van der Waals surface area contributed by atoms with Crippen molar-refractivity contribution in [1.82, 2.24) is 0 Å². The molecule has 0 rings (SSSR count). The van der Waals surface area contributed by atoms with Gasteiger partial charge in [-0.3, -0.25) is 24.4 Å². The third-order valence-corrected chi connectivity index (χ3v) is 1.04. The highest BCUT2D eigenvalue weighted by molar-refractivity contribution is 7.46. The zero-order valence-electron chi connectivity index (χ0n) is 9.46. The van der Waals surface area contributed by atoms with Gasteiger partial charge >= 0.3 is 21.8 Å². The van der Waals surface area contributed by atoms with Crippen LogP contribution in [0.4, 0.5) is 8.39 Å². The lowest BCUT2D eigenvalue weighted by molar-refractivity contribution is -0.138. The minimum absolute atomic E-state index is 0.464. The number of rotatable bonds is 4. The van der Waals surface area contributed by atoms with Crippen molar-refractivity contribution in [2.75, 3.05) is 6.54 Å². The van der Waals surface area contributed by atoms with Gasteiger partial charge in [-0.2, -0.15) is 0 Å². The first-order valence-corrected chi connectivity index (χ1v) is 7.38. The molecule has 9 N–H and O–H groups in total. The molecule has 0 aliphatic carbocycles. The van der Waals surface area contributed by atoms with Gasteiger partial charge in [0.25, 0.3) is 0 Å². The van der Waals surface area contributed by atoms with E-state index in [2.05, 4.69) is 0 Å². The maximum atomic E-state index is 10.4. The molecule has 0 saturated heterocycles. The molecule has 0 bridgehead atoms. The molecule has 0 saturated carbocycles. The zero-order chi connectivity index (χ0) is 16.3. The number of hydrogen-bond acceptors (Lipinski definition) is 5. The van der Waals surface area contributed by atoms with Crippen molar-refractivity contribution >= 4 is 21.8 Å². The lowest BCUT2D eigenvalue weighted by Gasteiger charge is -2.02. The highest BCUT2D eigenvalue weighted by atomic mass is 31.2. The number of halogens is 2. The molecular formula is C5H16F2N2O8P2. The minimum atomic E-state index is -5.14. The van der Waals surface area contributed by atoms with Gasteiger partial charge in [-0.1, -0.05) is 0 Å². The number of hydrogen-bond donors (Lipinski definition) is 7. The Bertz CT molecular complexity index is 295. The standard InChI is InChI=1S/C5H12N2O2.2FH2O3P/c6-3-1-2-4(7)5(8)9;2*1-5(2,3)4/h4H,1-3,6-7H2,(H,8,9);2*(H2,2,3,4)/t4-;;/m0../s1. The second-order valence-corrected chi connectivity index (χ2v) is 4.71. The van der Waals surface area contributed by atoms with E-state index in [1.165, 1.54) is 0 Å². The second kappa shape index (κ2) is 11.4. The van der Waals surface area contributed by atoms with Crippen LogP contribution in [0.15, 0.2) is 0 Å². The Kier molecular flexibility index (Phi) is 14.2. The Morgan fingerprint density at radius 2 is 1.37 bits per heavy atom. The fraction of sp³-hybridized carbons (Fsp3) is 0.800. The topological polar surface area (TPSA) is 204 Å². The van der Waals surface area contributed by atoms with E-state index >= 15 is 0 Å². The molecule has 10 nitrogen and oxygen atoms in total. The molecule has 0 aliphatic rings. The molecule has 0 amide bonds. The fourth-order valence-corrected chi connectivity index (χ4v) is 0.461. The first-order chi connectivity index (χ1) is 8.18. The van der Waals surface area contributed by atoms with Crippen LogP contribution < -0.4 is 11.5 Å². The van der Waals surface area contributed by atoms with E-state index in [4.69, 9.17) is 45.3 Å². The monoisotopic (exact) mass is 332 g/mol. The first kappa shape index (κ1) is 23.6. The van der Waals surface area contributed by atoms with Crippen molar-refractivity contribution in [2.24, 2.45) is 11.5 Å². The van der Waals surface area contributed by atoms with Crippen LogP contribution in [0, 0.1) is 0 Å². The van der Waals surface area contributed by atoms with Gasteiger partial charge < -0.3 is 16.6 Å². The quantitative estimate of drug-likeness (QED) is 0.320. The third-order valence-electron chi connectivity index (χ3n) is 1.04. The van der Waals surface area contributed by atoms with E-state index in [-0.39, 0.29) is 0 Å². The second-order valence-electron chi connectivity index (χ2n) is 2.82.